The van der Waals surface area contributed by atoms with Crippen LogP contribution in [0.5, 0.6) is 5.75 Å². The third kappa shape index (κ3) is 3.20. The van der Waals surface area contributed by atoms with E-state index in [4.69, 9.17) is 10.5 Å². The lowest BCUT2D eigenvalue weighted by atomic mass is 9.80. The number of aromatic nitrogens is 4. The number of nitrogens with zero attached hydrogens (tertiary/aromatic N) is 3. The second-order valence-electron chi connectivity index (χ2n) is 7.00. The number of aromatic amines is 1. The Labute approximate surface area is 152 Å². The van der Waals surface area contributed by atoms with Crippen LogP contribution in [0.1, 0.15) is 43.0 Å². The van der Waals surface area contributed by atoms with Crippen molar-refractivity contribution in [3.63, 3.8) is 0 Å². The first-order valence-corrected chi connectivity index (χ1v) is 9.21. The number of H-pyrrole nitrogens is 1. The summed E-state index contributed by atoms with van der Waals surface area (Å²) in [6.07, 6.45) is 2.04. The molecule has 7 heteroatoms. The first-order valence-electron chi connectivity index (χ1n) is 9.21. The fourth-order valence-electron chi connectivity index (χ4n) is 3.70. The number of nitrogens with one attached hydrogen (secondary N) is 2. The van der Waals surface area contributed by atoms with Crippen LogP contribution in [-0.4, -0.2) is 32.9 Å². The number of hydrogen-bond donors (Lipinski definition) is 3. The van der Waals surface area contributed by atoms with Gasteiger partial charge >= 0.3 is 0 Å². The minimum atomic E-state index is 0.323. The van der Waals surface area contributed by atoms with E-state index >= 15 is 0 Å². The second-order valence-corrected chi connectivity index (χ2v) is 7.00. The monoisotopic (exact) mass is 354 g/mol. The summed E-state index contributed by atoms with van der Waals surface area (Å²) < 4.78 is 7.50. The van der Waals surface area contributed by atoms with E-state index in [2.05, 4.69) is 38.1 Å². The predicted octanol–water partition coefficient (Wildman–Crippen LogP) is 2.28. The van der Waals surface area contributed by atoms with Crippen molar-refractivity contribution in [1.29, 1.82) is 0 Å². The number of rotatable bonds is 7. The molecule has 1 saturated carbocycles. The van der Waals surface area contributed by atoms with Gasteiger partial charge in [0.25, 0.3) is 0 Å². The van der Waals surface area contributed by atoms with E-state index in [0.29, 0.717) is 18.5 Å². The van der Waals surface area contributed by atoms with Crippen LogP contribution in [0.15, 0.2) is 24.3 Å². The Morgan fingerprint density at radius 1 is 1.27 bits per heavy atom. The third-order valence-electron chi connectivity index (χ3n) is 5.19. The molecule has 4 N–H and O–H groups in total. The average Bonchev–Trinajstić information content (AvgIpc) is 3.21. The summed E-state index contributed by atoms with van der Waals surface area (Å²) in [5.41, 5.74) is 8.17. The topological polar surface area (TPSA) is 93.8 Å². The SMILES string of the molecule is CCn1c(CNCc2cc3cc(OC)ccc3[nH]2)nnc1C1CC(N)C1. The number of ether oxygens (including phenoxy) is 1. The number of methoxy groups -OCH3 is 1. The van der Waals surface area contributed by atoms with Gasteiger partial charge in [0.1, 0.15) is 17.4 Å². The Hall–Kier alpha value is -2.38. The van der Waals surface area contributed by atoms with Gasteiger partial charge in [-0.2, -0.15) is 0 Å². The standard InChI is InChI=1S/C19H26N6O/c1-3-25-18(23-24-19(25)13-6-14(20)7-13)11-21-10-15-8-12-9-16(26-2)4-5-17(12)22-15/h4-5,8-9,13-14,21-22H,3,6-7,10-11,20H2,1-2H3. The molecule has 0 aliphatic heterocycles. The fraction of sp³-hybridized carbons (Fsp3) is 0.474. The molecule has 3 aromatic rings. The van der Waals surface area contributed by atoms with Crippen LogP contribution in [0.2, 0.25) is 0 Å². The van der Waals surface area contributed by atoms with Gasteiger partial charge in [0.2, 0.25) is 0 Å². The van der Waals surface area contributed by atoms with Crippen LogP contribution in [0.3, 0.4) is 0 Å². The molecule has 0 saturated heterocycles. The van der Waals surface area contributed by atoms with Crippen molar-refractivity contribution >= 4 is 10.9 Å². The van der Waals surface area contributed by atoms with Crippen molar-refractivity contribution in [3.8, 4) is 5.75 Å². The lowest BCUT2D eigenvalue weighted by Crippen LogP contribution is -2.36. The molecule has 7 nitrogen and oxygen atoms in total. The average molecular weight is 354 g/mol. The maximum atomic E-state index is 5.92. The van der Waals surface area contributed by atoms with Gasteiger partial charge in [-0.1, -0.05) is 0 Å². The molecule has 1 aliphatic rings. The molecular weight excluding hydrogens is 328 g/mol. The van der Waals surface area contributed by atoms with Crippen molar-refractivity contribution in [1.82, 2.24) is 25.1 Å². The van der Waals surface area contributed by atoms with Crippen molar-refractivity contribution in [3.05, 3.63) is 41.6 Å². The van der Waals surface area contributed by atoms with Gasteiger partial charge in [-0.05, 0) is 44.0 Å². The first kappa shape index (κ1) is 17.1. The molecule has 4 rings (SSSR count). The normalized spacial score (nSPS) is 19.7. The molecule has 0 atom stereocenters. The number of nitrogens with two attached hydrogens (primary N) is 1. The Morgan fingerprint density at radius 2 is 2.12 bits per heavy atom. The quantitative estimate of drug-likeness (QED) is 0.605. The van der Waals surface area contributed by atoms with E-state index in [9.17, 15) is 0 Å². The molecule has 2 heterocycles. The Bertz CT molecular complexity index is 893. The summed E-state index contributed by atoms with van der Waals surface area (Å²) in [6.45, 7) is 4.47. The maximum absolute atomic E-state index is 5.92. The Morgan fingerprint density at radius 3 is 2.85 bits per heavy atom. The molecule has 0 unspecified atom stereocenters. The highest BCUT2D eigenvalue weighted by molar-refractivity contribution is 5.81. The molecular formula is C19H26N6O. The van der Waals surface area contributed by atoms with E-state index in [1.165, 1.54) is 0 Å². The molecule has 0 radical (unpaired) electrons. The van der Waals surface area contributed by atoms with Crippen LogP contribution in [0.25, 0.3) is 10.9 Å². The van der Waals surface area contributed by atoms with Gasteiger partial charge in [0.15, 0.2) is 0 Å². The lowest BCUT2D eigenvalue weighted by molar-refractivity contribution is 0.328. The molecule has 0 bridgehead atoms. The summed E-state index contributed by atoms with van der Waals surface area (Å²) in [5.74, 6) is 3.41. The number of fused-ring (bicyclic) bond motifs is 1. The van der Waals surface area contributed by atoms with Crippen LogP contribution >= 0.6 is 0 Å². The molecule has 1 aliphatic carbocycles. The summed E-state index contributed by atoms with van der Waals surface area (Å²) in [6, 6.07) is 8.52. The Balaban J connectivity index is 1.40. The van der Waals surface area contributed by atoms with Gasteiger partial charge in [0.05, 0.1) is 13.7 Å². The van der Waals surface area contributed by atoms with E-state index in [0.717, 1.165) is 59.9 Å². The number of benzene rings is 1. The summed E-state index contributed by atoms with van der Waals surface area (Å²) >= 11 is 0. The zero-order chi connectivity index (χ0) is 18.1. The van der Waals surface area contributed by atoms with Gasteiger partial charge in [0, 0.05) is 41.6 Å². The molecule has 0 spiro atoms. The van der Waals surface area contributed by atoms with Crippen LogP contribution in [-0.2, 0) is 19.6 Å². The lowest BCUT2D eigenvalue weighted by Gasteiger charge is -2.31. The molecule has 138 valence electrons. The van der Waals surface area contributed by atoms with Crippen molar-refractivity contribution in [2.24, 2.45) is 5.73 Å². The molecule has 1 aromatic carbocycles. The minimum Gasteiger partial charge on any atom is -0.497 e. The zero-order valence-electron chi connectivity index (χ0n) is 15.3. The van der Waals surface area contributed by atoms with Crippen LogP contribution in [0.4, 0.5) is 0 Å². The highest BCUT2D eigenvalue weighted by Gasteiger charge is 2.31. The molecule has 0 amide bonds. The smallest absolute Gasteiger partial charge is 0.147 e. The fourth-order valence-corrected chi connectivity index (χ4v) is 3.70. The predicted molar refractivity (Wildman–Crippen MR) is 101 cm³/mol. The van der Waals surface area contributed by atoms with E-state index in [1.54, 1.807) is 7.11 Å². The number of hydrogen-bond acceptors (Lipinski definition) is 5. The third-order valence-corrected chi connectivity index (χ3v) is 5.19. The molecule has 26 heavy (non-hydrogen) atoms. The van der Waals surface area contributed by atoms with Gasteiger partial charge < -0.3 is 25.3 Å². The Kier molecular flexibility index (Phi) is 4.65. The van der Waals surface area contributed by atoms with Gasteiger partial charge in [-0.25, -0.2) is 0 Å². The van der Waals surface area contributed by atoms with Gasteiger partial charge in [-0.3, -0.25) is 0 Å². The first-order chi connectivity index (χ1) is 12.7. The van der Waals surface area contributed by atoms with Crippen molar-refractivity contribution in [2.45, 2.75) is 51.4 Å². The highest BCUT2D eigenvalue weighted by Crippen LogP contribution is 2.34. The van der Waals surface area contributed by atoms with Crippen molar-refractivity contribution < 1.29 is 4.74 Å². The molecule has 2 aromatic heterocycles. The van der Waals surface area contributed by atoms with E-state index < -0.39 is 0 Å². The minimum absolute atomic E-state index is 0.323. The summed E-state index contributed by atoms with van der Waals surface area (Å²) in [7, 11) is 1.69. The van der Waals surface area contributed by atoms with Crippen LogP contribution < -0.4 is 15.8 Å². The van der Waals surface area contributed by atoms with E-state index in [-0.39, 0.29) is 0 Å². The molecule has 1 fully saturated rings. The van der Waals surface area contributed by atoms with Crippen LogP contribution in [0, 0.1) is 0 Å². The maximum Gasteiger partial charge on any atom is 0.147 e. The zero-order valence-corrected chi connectivity index (χ0v) is 15.3. The second kappa shape index (κ2) is 7.09. The van der Waals surface area contributed by atoms with Gasteiger partial charge in [-0.15, -0.1) is 10.2 Å². The summed E-state index contributed by atoms with van der Waals surface area (Å²) in [4.78, 5) is 3.43. The highest BCUT2D eigenvalue weighted by atomic mass is 16.5. The van der Waals surface area contributed by atoms with Crippen molar-refractivity contribution in [2.75, 3.05) is 7.11 Å². The van der Waals surface area contributed by atoms with E-state index in [1.807, 2.05) is 18.2 Å². The summed E-state index contributed by atoms with van der Waals surface area (Å²) in [5, 5.41) is 13.4. The largest absolute Gasteiger partial charge is 0.497 e.